The van der Waals surface area contributed by atoms with Gasteiger partial charge < -0.3 is 5.32 Å². The van der Waals surface area contributed by atoms with Gasteiger partial charge in [0.2, 0.25) is 5.91 Å². The number of carbonyl (C=O) groups excluding carboxylic acids is 1. The minimum absolute atomic E-state index is 0.00517. The number of benzene rings is 4. The molecule has 0 heterocycles. The zero-order valence-corrected chi connectivity index (χ0v) is 25.0. The fraction of sp³-hybridized carbons (Fsp3) is 0.0385. The molecule has 4 rings (SSSR count). The molecule has 0 unspecified atom stereocenters. The molecule has 12 heteroatoms. The molecule has 1 amide bonds. The van der Waals surface area contributed by atoms with E-state index in [1.165, 1.54) is 36.4 Å². The van der Waals surface area contributed by atoms with Crippen LogP contribution in [0.2, 0.25) is 0 Å². The largest absolute Gasteiger partial charge is 0.325 e. The maximum atomic E-state index is 13.4. The number of halogens is 2. The van der Waals surface area contributed by atoms with E-state index in [1.54, 1.807) is 66.7 Å². The number of hydrogen-bond acceptors (Lipinski definition) is 5. The quantitative estimate of drug-likeness (QED) is 0.216. The molecule has 0 aromatic heterocycles. The highest BCUT2D eigenvalue weighted by molar-refractivity contribution is 14.1. The lowest BCUT2D eigenvalue weighted by Gasteiger charge is -2.24. The van der Waals surface area contributed by atoms with Gasteiger partial charge >= 0.3 is 0 Å². The first-order valence-electron chi connectivity index (χ1n) is 11.1. The molecule has 38 heavy (non-hydrogen) atoms. The van der Waals surface area contributed by atoms with Gasteiger partial charge in [0.25, 0.3) is 20.0 Å². The third kappa shape index (κ3) is 6.92. The van der Waals surface area contributed by atoms with Crippen LogP contribution in [0.3, 0.4) is 0 Å². The van der Waals surface area contributed by atoms with Crippen molar-refractivity contribution in [3.05, 3.63) is 111 Å². The van der Waals surface area contributed by atoms with Crippen LogP contribution in [0.25, 0.3) is 0 Å². The van der Waals surface area contributed by atoms with Crippen molar-refractivity contribution in [1.82, 2.24) is 0 Å². The fourth-order valence-corrected chi connectivity index (χ4v) is 6.55. The van der Waals surface area contributed by atoms with Gasteiger partial charge in [-0.3, -0.25) is 13.8 Å². The van der Waals surface area contributed by atoms with Crippen molar-refractivity contribution in [1.29, 1.82) is 0 Å². The number of nitrogens with one attached hydrogen (secondary N) is 2. The summed E-state index contributed by atoms with van der Waals surface area (Å²) in [7, 11) is -7.88. The second-order valence-electron chi connectivity index (χ2n) is 7.99. The van der Waals surface area contributed by atoms with E-state index in [0.29, 0.717) is 17.1 Å². The maximum Gasteiger partial charge on any atom is 0.264 e. The predicted octanol–water partition coefficient (Wildman–Crippen LogP) is 5.69. The van der Waals surface area contributed by atoms with Gasteiger partial charge in [-0.2, -0.15) is 0 Å². The molecule has 0 spiro atoms. The highest BCUT2D eigenvalue weighted by Crippen LogP contribution is 2.25. The zero-order chi connectivity index (χ0) is 27.3. The van der Waals surface area contributed by atoms with Crippen LogP contribution in [0.1, 0.15) is 0 Å². The molecule has 0 saturated carbocycles. The minimum atomic E-state index is -4.03. The van der Waals surface area contributed by atoms with E-state index in [1.807, 2.05) is 0 Å². The lowest BCUT2D eigenvalue weighted by molar-refractivity contribution is -0.114. The van der Waals surface area contributed by atoms with Gasteiger partial charge in [0.15, 0.2) is 0 Å². The first kappa shape index (κ1) is 28.1. The monoisotopic (exact) mass is 725 g/mol. The smallest absolute Gasteiger partial charge is 0.264 e. The van der Waals surface area contributed by atoms with Crippen LogP contribution in [0.15, 0.2) is 117 Å². The van der Waals surface area contributed by atoms with E-state index >= 15 is 0 Å². The minimum Gasteiger partial charge on any atom is -0.325 e. The Bertz CT molecular complexity index is 1630. The van der Waals surface area contributed by atoms with Crippen LogP contribution < -0.4 is 14.3 Å². The molecule has 2 N–H and O–H groups in total. The molecule has 196 valence electrons. The number of nitrogens with zero attached hydrogens (tertiary/aromatic N) is 1. The summed E-state index contributed by atoms with van der Waals surface area (Å²) >= 11 is 5.41. The Kier molecular flexibility index (Phi) is 8.75. The Labute approximate surface area is 243 Å². The Morgan fingerprint density at radius 3 is 1.92 bits per heavy atom. The molecule has 0 aliphatic heterocycles. The van der Waals surface area contributed by atoms with Crippen LogP contribution in [0, 0.1) is 3.57 Å². The van der Waals surface area contributed by atoms with Gasteiger partial charge in [0.1, 0.15) is 6.54 Å². The van der Waals surface area contributed by atoms with Crippen LogP contribution in [-0.2, 0) is 24.8 Å². The molecule has 8 nitrogen and oxygen atoms in total. The van der Waals surface area contributed by atoms with Crippen LogP contribution >= 0.6 is 38.5 Å². The Balaban J connectivity index is 1.51. The molecule has 0 radical (unpaired) electrons. The summed E-state index contributed by atoms with van der Waals surface area (Å²) in [6.07, 6.45) is 0. The van der Waals surface area contributed by atoms with Gasteiger partial charge in [0.05, 0.1) is 15.5 Å². The topological polar surface area (TPSA) is 113 Å². The van der Waals surface area contributed by atoms with Crippen molar-refractivity contribution in [2.75, 3.05) is 20.9 Å². The number of sulfonamides is 2. The molecule has 4 aromatic carbocycles. The summed E-state index contributed by atoms with van der Waals surface area (Å²) in [5.74, 6) is -0.591. The van der Waals surface area contributed by atoms with E-state index in [4.69, 9.17) is 0 Å². The van der Waals surface area contributed by atoms with Crippen LogP contribution in [0.4, 0.5) is 17.1 Å². The van der Waals surface area contributed by atoms with Crippen molar-refractivity contribution in [3.63, 3.8) is 0 Å². The molecule has 4 aromatic rings. The van der Waals surface area contributed by atoms with Gasteiger partial charge in [-0.15, -0.1) is 0 Å². The Morgan fingerprint density at radius 1 is 0.737 bits per heavy atom. The van der Waals surface area contributed by atoms with Gasteiger partial charge in [0, 0.05) is 19.4 Å². The summed E-state index contributed by atoms with van der Waals surface area (Å²) in [5, 5.41) is 2.64. The highest BCUT2D eigenvalue weighted by atomic mass is 127. The first-order valence-corrected chi connectivity index (χ1v) is 15.9. The summed E-state index contributed by atoms with van der Waals surface area (Å²) < 4.78 is 57.5. The van der Waals surface area contributed by atoms with Gasteiger partial charge in [-0.25, -0.2) is 16.8 Å². The van der Waals surface area contributed by atoms with E-state index in [-0.39, 0.29) is 9.79 Å². The maximum absolute atomic E-state index is 13.4. The number of hydrogen-bond donors (Lipinski definition) is 2. The summed E-state index contributed by atoms with van der Waals surface area (Å²) in [6.45, 7) is -0.483. The van der Waals surface area contributed by atoms with Gasteiger partial charge in [-0.1, -0.05) is 34.1 Å². The number of rotatable bonds is 9. The molecular weight excluding hydrogens is 705 g/mol. The van der Waals surface area contributed by atoms with Crippen molar-refractivity contribution < 1.29 is 21.6 Å². The normalized spacial score (nSPS) is 11.5. The number of amides is 1. The van der Waals surface area contributed by atoms with Gasteiger partial charge in [-0.05, 0) is 108 Å². The summed E-state index contributed by atoms with van der Waals surface area (Å²) in [5.41, 5.74) is 1.06. The standard InChI is InChI=1S/C26H21BrIN3O5S2/c27-19-6-10-22(11-7-19)30-37(33,34)24-16-12-21(13-17-24)29-26(32)18-31(23-14-8-20(28)9-15-23)38(35,36)25-4-2-1-3-5-25/h1-17,30H,18H2,(H,29,32). The Hall–Kier alpha value is -2.94. The van der Waals surface area contributed by atoms with Crippen molar-refractivity contribution in [2.24, 2.45) is 0 Å². The highest BCUT2D eigenvalue weighted by Gasteiger charge is 2.27. The molecular formula is C26H21BrIN3O5S2. The van der Waals surface area contributed by atoms with E-state index in [9.17, 15) is 21.6 Å². The number of anilines is 3. The Morgan fingerprint density at radius 2 is 1.32 bits per heavy atom. The zero-order valence-electron chi connectivity index (χ0n) is 19.6. The fourth-order valence-electron chi connectivity index (χ4n) is 3.42. The second-order valence-corrected chi connectivity index (χ2v) is 13.7. The molecule has 0 atom stereocenters. The molecule has 0 aliphatic rings. The van der Waals surface area contributed by atoms with Crippen molar-refractivity contribution in [2.45, 2.75) is 9.79 Å². The molecule has 0 bridgehead atoms. The number of carbonyl (C=O) groups is 1. The molecule has 0 fully saturated rings. The lowest BCUT2D eigenvalue weighted by atomic mass is 10.3. The summed E-state index contributed by atoms with van der Waals surface area (Å²) in [4.78, 5) is 13.0. The second kappa shape index (κ2) is 11.8. The molecule has 0 saturated heterocycles. The average molecular weight is 726 g/mol. The average Bonchev–Trinajstić information content (AvgIpc) is 2.90. The van der Waals surface area contributed by atoms with E-state index < -0.39 is 32.5 Å². The SMILES string of the molecule is O=C(CN(c1ccc(I)cc1)S(=O)(=O)c1ccccc1)Nc1ccc(S(=O)(=O)Nc2ccc(Br)cc2)cc1. The molecule has 0 aliphatic carbocycles. The predicted molar refractivity (Wildman–Crippen MR) is 160 cm³/mol. The van der Waals surface area contributed by atoms with Crippen molar-refractivity contribution >= 4 is 81.5 Å². The third-order valence-corrected chi connectivity index (χ3v) is 9.71. The first-order chi connectivity index (χ1) is 18.0. The van der Waals surface area contributed by atoms with Crippen molar-refractivity contribution in [3.8, 4) is 0 Å². The van der Waals surface area contributed by atoms with Crippen LogP contribution in [0.5, 0.6) is 0 Å². The lowest BCUT2D eigenvalue weighted by Crippen LogP contribution is -2.38. The summed E-state index contributed by atoms with van der Waals surface area (Å²) in [6, 6.07) is 26.9. The van der Waals surface area contributed by atoms with E-state index in [0.717, 1.165) is 12.3 Å². The third-order valence-electron chi connectivity index (χ3n) is 5.28. The van der Waals surface area contributed by atoms with Crippen LogP contribution in [-0.4, -0.2) is 29.3 Å². The van der Waals surface area contributed by atoms with E-state index in [2.05, 4.69) is 48.6 Å².